The lowest BCUT2D eigenvalue weighted by molar-refractivity contribution is -0.124. The van der Waals surface area contributed by atoms with Crippen LogP contribution >= 0.6 is 0 Å². The highest BCUT2D eigenvalue weighted by molar-refractivity contribution is 6.05. The van der Waals surface area contributed by atoms with E-state index in [0.29, 0.717) is 24.3 Å². The molecule has 2 amide bonds. The van der Waals surface area contributed by atoms with Gasteiger partial charge in [0.1, 0.15) is 0 Å². The first kappa shape index (κ1) is 20.0. The van der Waals surface area contributed by atoms with Gasteiger partial charge < -0.3 is 14.4 Å². The molecule has 2 aromatic carbocycles. The number of hydrogen-bond acceptors (Lipinski definition) is 4. The van der Waals surface area contributed by atoms with E-state index in [-0.39, 0.29) is 24.2 Å². The number of carbonyl (C=O) groups excluding carboxylic acids is 2. The molecule has 2 atom stereocenters. The molecule has 0 spiro atoms. The van der Waals surface area contributed by atoms with E-state index in [1.807, 2.05) is 21.7 Å². The fourth-order valence-corrected chi connectivity index (χ4v) is 4.70. The molecule has 3 heterocycles. The minimum atomic E-state index is -0.392. The van der Waals surface area contributed by atoms with Gasteiger partial charge in [-0.15, -0.1) is 0 Å². The lowest BCUT2D eigenvalue weighted by Gasteiger charge is -2.22. The Kier molecular flexibility index (Phi) is 4.98. The second kappa shape index (κ2) is 7.97. The first-order valence-corrected chi connectivity index (χ1v) is 10.7. The molecule has 1 aromatic heterocycles. The highest BCUT2D eigenvalue weighted by Crippen LogP contribution is 2.39. The summed E-state index contributed by atoms with van der Waals surface area (Å²) in [5.74, 6) is -0.249. The molecule has 2 aliphatic heterocycles. The van der Waals surface area contributed by atoms with Gasteiger partial charge in [0, 0.05) is 55.7 Å². The van der Waals surface area contributed by atoms with Crippen LogP contribution in [0.2, 0.25) is 0 Å². The molecule has 0 radical (unpaired) electrons. The number of nitrogens with zero attached hydrogens (tertiary/aromatic N) is 5. The summed E-state index contributed by atoms with van der Waals surface area (Å²) < 4.78 is 2.02. The summed E-state index contributed by atoms with van der Waals surface area (Å²) in [6.07, 6.45) is 5.68. The molecule has 5 rings (SSSR count). The second-order valence-corrected chi connectivity index (χ2v) is 8.55. The highest BCUT2D eigenvalue weighted by Gasteiger charge is 2.40. The first-order valence-electron chi connectivity index (χ1n) is 10.7. The van der Waals surface area contributed by atoms with Gasteiger partial charge in [-0.3, -0.25) is 9.59 Å². The second-order valence-electron chi connectivity index (χ2n) is 8.55. The van der Waals surface area contributed by atoms with Crippen molar-refractivity contribution < 1.29 is 9.59 Å². The summed E-state index contributed by atoms with van der Waals surface area (Å²) in [4.78, 5) is 33.7. The zero-order valence-corrected chi connectivity index (χ0v) is 17.8. The Morgan fingerprint density at radius 2 is 2.09 bits per heavy atom. The Hall–Kier alpha value is -3.92. The zero-order chi connectivity index (χ0) is 22.2. The van der Waals surface area contributed by atoms with Crippen LogP contribution in [0.1, 0.15) is 36.0 Å². The van der Waals surface area contributed by atoms with Crippen LogP contribution in [-0.2, 0) is 16.1 Å². The first-order chi connectivity index (χ1) is 15.5. The van der Waals surface area contributed by atoms with E-state index in [2.05, 4.69) is 30.1 Å². The van der Waals surface area contributed by atoms with Gasteiger partial charge in [-0.2, -0.15) is 5.26 Å². The Balaban J connectivity index is 1.34. The van der Waals surface area contributed by atoms with E-state index in [1.54, 1.807) is 41.7 Å². The summed E-state index contributed by atoms with van der Waals surface area (Å²) in [6, 6.07) is 15.3. The molecule has 7 nitrogen and oxygen atoms in total. The van der Waals surface area contributed by atoms with Crippen molar-refractivity contribution in [2.45, 2.75) is 25.8 Å². The summed E-state index contributed by atoms with van der Waals surface area (Å²) in [7, 11) is 0. The van der Waals surface area contributed by atoms with Gasteiger partial charge in [0.15, 0.2) is 0 Å². The van der Waals surface area contributed by atoms with Crippen molar-refractivity contribution in [3.8, 4) is 6.07 Å². The minimum absolute atomic E-state index is 0.00903. The van der Waals surface area contributed by atoms with Gasteiger partial charge >= 0.3 is 0 Å². The van der Waals surface area contributed by atoms with Crippen LogP contribution in [0.25, 0.3) is 0 Å². The molecule has 0 N–H and O–H groups in total. The van der Waals surface area contributed by atoms with Crippen molar-refractivity contribution in [3.05, 3.63) is 77.9 Å². The van der Waals surface area contributed by atoms with Crippen LogP contribution in [0.15, 0.2) is 61.2 Å². The van der Waals surface area contributed by atoms with Crippen molar-refractivity contribution in [2.75, 3.05) is 22.9 Å². The summed E-state index contributed by atoms with van der Waals surface area (Å²) in [5, 5.41) is 9.14. The predicted molar refractivity (Wildman–Crippen MR) is 120 cm³/mol. The SMILES string of the molecule is CC1CN(C(=O)[C@H]2CC(=O)N(c3cccc(C#N)c3)C2)c2ccc(Cn3ccnc3)cc21. The molecule has 1 saturated heterocycles. The Morgan fingerprint density at radius 3 is 2.88 bits per heavy atom. The van der Waals surface area contributed by atoms with E-state index < -0.39 is 5.92 Å². The predicted octanol–water partition coefficient (Wildman–Crippen LogP) is 3.31. The van der Waals surface area contributed by atoms with Crippen molar-refractivity contribution >= 4 is 23.2 Å². The normalized spacial score (nSPS) is 19.8. The Labute approximate surface area is 186 Å². The molecule has 160 valence electrons. The third-order valence-electron chi connectivity index (χ3n) is 6.32. The number of hydrogen-bond donors (Lipinski definition) is 0. The number of aromatic nitrogens is 2. The smallest absolute Gasteiger partial charge is 0.232 e. The summed E-state index contributed by atoms with van der Waals surface area (Å²) in [5.41, 5.74) is 4.44. The number of anilines is 2. The van der Waals surface area contributed by atoms with Gasteiger partial charge in [0.2, 0.25) is 11.8 Å². The molecule has 0 bridgehead atoms. The van der Waals surface area contributed by atoms with Gasteiger partial charge in [-0.25, -0.2) is 4.98 Å². The molecular formula is C25H23N5O2. The van der Waals surface area contributed by atoms with E-state index >= 15 is 0 Å². The maximum atomic E-state index is 13.4. The van der Waals surface area contributed by atoms with E-state index in [9.17, 15) is 9.59 Å². The van der Waals surface area contributed by atoms with Crippen LogP contribution in [0.5, 0.6) is 0 Å². The minimum Gasteiger partial charge on any atom is -0.333 e. The zero-order valence-electron chi connectivity index (χ0n) is 17.8. The molecule has 7 heteroatoms. The fourth-order valence-electron chi connectivity index (χ4n) is 4.70. The van der Waals surface area contributed by atoms with Crippen molar-refractivity contribution in [1.29, 1.82) is 5.26 Å². The average molecular weight is 425 g/mol. The molecule has 1 fully saturated rings. The molecule has 0 aliphatic carbocycles. The lowest BCUT2D eigenvalue weighted by Crippen LogP contribution is -2.36. The number of imidazole rings is 1. The maximum Gasteiger partial charge on any atom is 0.232 e. The highest BCUT2D eigenvalue weighted by atomic mass is 16.2. The topological polar surface area (TPSA) is 82.2 Å². The van der Waals surface area contributed by atoms with Gasteiger partial charge in [-0.05, 0) is 35.4 Å². The van der Waals surface area contributed by atoms with Crippen LogP contribution in [-0.4, -0.2) is 34.5 Å². The summed E-state index contributed by atoms with van der Waals surface area (Å²) >= 11 is 0. The van der Waals surface area contributed by atoms with Gasteiger partial charge in [0.25, 0.3) is 0 Å². The number of rotatable bonds is 4. The summed E-state index contributed by atoms with van der Waals surface area (Å²) in [6.45, 7) is 3.83. The molecular weight excluding hydrogens is 402 g/mol. The Bertz CT molecular complexity index is 1230. The number of fused-ring (bicyclic) bond motifs is 1. The molecule has 2 aliphatic rings. The quantitative estimate of drug-likeness (QED) is 0.642. The third-order valence-corrected chi connectivity index (χ3v) is 6.32. The van der Waals surface area contributed by atoms with Crippen molar-refractivity contribution in [3.63, 3.8) is 0 Å². The van der Waals surface area contributed by atoms with E-state index in [4.69, 9.17) is 5.26 Å². The maximum absolute atomic E-state index is 13.4. The molecule has 0 saturated carbocycles. The van der Waals surface area contributed by atoms with Crippen LogP contribution in [0.4, 0.5) is 11.4 Å². The van der Waals surface area contributed by atoms with E-state index in [0.717, 1.165) is 12.2 Å². The Morgan fingerprint density at radius 1 is 1.22 bits per heavy atom. The standard InChI is InChI=1S/C25H23N5O2/c1-17-13-30(23-6-5-19(10-22(17)23)14-28-8-7-27-16-28)25(32)20-11-24(31)29(15-20)21-4-2-3-18(9-21)12-26/h2-10,16-17,20H,11,13-15H2,1H3/t17?,20-/m0/s1. The molecule has 32 heavy (non-hydrogen) atoms. The number of carbonyl (C=O) groups is 2. The number of benzene rings is 2. The molecule has 3 aromatic rings. The lowest BCUT2D eigenvalue weighted by atomic mass is 10.0. The van der Waals surface area contributed by atoms with Crippen molar-refractivity contribution in [2.24, 2.45) is 5.92 Å². The monoisotopic (exact) mass is 425 g/mol. The molecule has 1 unspecified atom stereocenters. The van der Waals surface area contributed by atoms with Gasteiger partial charge in [0.05, 0.1) is 23.9 Å². The van der Waals surface area contributed by atoms with Crippen molar-refractivity contribution in [1.82, 2.24) is 9.55 Å². The average Bonchev–Trinajstić information content (AvgIpc) is 3.53. The van der Waals surface area contributed by atoms with Gasteiger partial charge in [-0.1, -0.05) is 25.1 Å². The number of nitriles is 1. The third kappa shape index (κ3) is 3.54. The number of amides is 2. The van der Waals surface area contributed by atoms with Crippen LogP contribution in [0.3, 0.4) is 0 Å². The van der Waals surface area contributed by atoms with Crippen LogP contribution in [0, 0.1) is 17.2 Å². The fraction of sp³-hybridized carbons (Fsp3) is 0.280. The van der Waals surface area contributed by atoms with Crippen LogP contribution < -0.4 is 9.80 Å². The van der Waals surface area contributed by atoms with E-state index in [1.165, 1.54) is 11.1 Å². The largest absolute Gasteiger partial charge is 0.333 e.